The molecule has 19 heavy (non-hydrogen) atoms. The molecule has 0 aromatic heterocycles. The van der Waals surface area contributed by atoms with Crippen molar-refractivity contribution in [2.75, 3.05) is 39.7 Å². The third kappa shape index (κ3) is 2.87. The van der Waals surface area contributed by atoms with Crippen LogP contribution in [0.4, 0.5) is 5.69 Å². The lowest BCUT2D eigenvalue weighted by Gasteiger charge is -2.17. The molecule has 1 saturated carbocycles. The van der Waals surface area contributed by atoms with Gasteiger partial charge in [0.1, 0.15) is 0 Å². The second-order valence-electron chi connectivity index (χ2n) is 4.97. The molecule has 1 aliphatic rings. The molecule has 0 amide bonds. The highest BCUT2D eigenvalue weighted by Crippen LogP contribution is 2.45. The average Bonchev–Trinajstić information content (AvgIpc) is 3.24. The first-order valence-electron chi connectivity index (χ1n) is 6.42. The summed E-state index contributed by atoms with van der Waals surface area (Å²) in [4.78, 5) is 0. The van der Waals surface area contributed by atoms with E-state index in [1.807, 2.05) is 12.1 Å². The molecule has 3 N–H and O–H groups in total. The number of rotatable bonds is 7. The van der Waals surface area contributed by atoms with Crippen LogP contribution in [0.25, 0.3) is 0 Å². The van der Waals surface area contributed by atoms with Gasteiger partial charge in [-0.05, 0) is 24.8 Å². The summed E-state index contributed by atoms with van der Waals surface area (Å²) < 4.78 is 15.9. The minimum atomic E-state index is 0.278. The third-order valence-corrected chi connectivity index (χ3v) is 3.72. The second-order valence-corrected chi connectivity index (χ2v) is 4.97. The van der Waals surface area contributed by atoms with Crippen molar-refractivity contribution in [2.24, 2.45) is 11.1 Å². The number of methoxy groups -OCH3 is 3. The molecule has 0 unspecified atom stereocenters. The summed E-state index contributed by atoms with van der Waals surface area (Å²) in [6.07, 6.45) is 2.39. The third-order valence-electron chi connectivity index (χ3n) is 3.72. The van der Waals surface area contributed by atoms with Crippen LogP contribution in [-0.4, -0.2) is 34.4 Å². The van der Waals surface area contributed by atoms with E-state index in [1.54, 1.807) is 21.3 Å². The molecule has 1 aromatic rings. The molecule has 2 rings (SSSR count). The lowest BCUT2D eigenvalue weighted by Crippen LogP contribution is -2.24. The maximum atomic E-state index is 5.78. The van der Waals surface area contributed by atoms with Gasteiger partial charge in [0.2, 0.25) is 5.75 Å². The van der Waals surface area contributed by atoms with E-state index in [9.17, 15) is 0 Å². The van der Waals surface area contributed by atoms with E-state index in [1.165, 1.54) is 12.8 Å². The Balaban J connectivity index is 2.16. The first-order chi connectivity index (χ1) is 9.18. The predicted octanol–water partition coefficient (Wildman–Crippen LogP) is 1.86. The maximum absolute atomic E-state index is 5.78. The van der Waals surface area contributed by atoms with Crippen LogP contribution in [-0.2, 0) is 0 Å². The minimum absolute atomic E-state index is 0.278. The number of hydrogen-bond acceptors (Lipinski definition) is 5. The zero-order valence-electron chi connectivity index (χ0n) is 11.8. The first kappa shape index (κ1) is 13.8. The lowest BCUT2D eigenvalue weighted by molar-refractivity contribution is 0.324. The fourth-order valence-corrected chi connectivity index (χ4v) is 2.10. The summed E-state index contributed by atoms with van der Waals surface area (Å²) >= 11 is 0. The zero-order valence-corrected chi connectivity index (χ0v) is 11.8. The summed E-state index contributed by atoms with van der Waals surface area (Å²) in [7, 11) is 4.83. The molecular weight excluding hydrogens is 244 g/mol. The molecule has 1 aromatic carbocycles. The quantitative estimate of drug-likeness (QED) is 0.788. The summed E-state index contributed by atoms with van der Waals surface area (Å²) in [5.41, 5.74) is 7.01. The molecule has 5 nitrogen and oxygen atoms in total. The van der Waals surface area contributed by atoms with Gasteiger partial charge in [0.05, 0.1) is 21.3 Å². The van der Waals surface area contributed by atoms with Crippen LogP contribution in [0.15, 0.2) is 12.1 Å². The fraction of sp³-hybridized carbons (Fsp3) is 0.571. The van der Waals surface area contributed by atoms with E-state index in [4.69, 9.17) is 19.9 Å². The molecule has 0 bridgehead atoms. The predicted molar refractivity (Wildman–Crippen MR) is 75.3 cm³/mol. The van der Waals surface area contributed by atoms with Gasteiger partial charge in [0, 0.05) is 24.4 Å². The number of anilines is 1. The van der Waals surface area contributed by atoms with Crippen LogP contribution in [0.5, 0.6) is 17.2 Å². The Kier molecular flexibility index (Phi) is 4.04. The lowest BCUT2D eigenvalue weighted by atomic mass is 10.1. The smallest absolute Gasteiger partial charge is 0.203 e. The van der Waals surface area contributed by atoms with Crippen molar-refractivity contribution < 1.29 is 14.2 Å². The van der Waals surface area contributed by atoms with Crippen LogP contribution in [0.2, 0.25) is 0 Å². The summed E-state index contributed by atoms with van der Waals surface area (Å²) in [5.74, 6) is 1.92. The Labute approximate surface area is 114 Å². The van der Waals surface area contributed by atoms with E-state index in [2.05, 4.69) is 5.32 Å². The molecule has 0 atom stereocenters. The van der Waals surface area contributed by atoms with Gasteiger partial charge in [-0.25, -0.2) is 0 Å². The molecular formula is C14H22N2O3. The Hall–Kier alpha value is -1.62. The summed E-state index contributed by atoms with van der Waals surface area (Å²) in [5, 5.41) is 3.40. The van der Waals surface area contributed by atoms with Gasteiger partial charge in [0.25, 0.3) is 0 Å². The summed E-state index contributed by atoms with van der Waals surface area (Å²) in [6, 6.07) is 3.82. The van der Waals surface area contributed by atoms with Gasteiger partial charge in [-0.1, -0.05) is 0 Å². The van der Waals surface area contributed by atoms with E-state index in [0.717, 1.165) is 18.8 Å². The Morgan fingerprint density at radius 1 is 1.11 bits per heavy atom. The molecule has 1 aliphatic carbocycles. The van der Waals surface area contributed by atoms with E-state index < -0.39 is 0 Å². The van der Waals surface area contributed by atoms with Crippen molar-refractivity contribution >= 4 is 5.69 Å². The van der Waals surface area contributed by atoms with Crippen LogP contribution in [0.1, 0.15) is 12.8 Å². The highest BCUT2D eigenvalue weighted by molar-refractivity contribution is 5.62. The van der Waals surface area contributed by atoms with E-state index in [-0.39, 0.29) is 5.41 Å². The molecule has 0 radical (unpaired) electrons. The monoisotopic (exact) mass is 266 g/mol. The zero-order chi connectivity index (χ0) is 13.9. The van der Waals surface area contributed by atoms with Crippen molar-refractivity contribution in [1.29, 1.82) is 0 Å². The van der Waals surface area contributed by atoms with E-state index in [0.29, 0.717) is 17.2 Å². The van der Waals surface area contributed by atoms with Crippen molar-refractivity contribution in [1.82, 2.24) is 0 Å². The molecule has 0 spiro atoms. The van der Waals surface area contributed by atoms with Crippen LogP contribution in [0.3, 0.4) is 0 Å². The van der Waals surface area contributed by atoms with Gasteiger partial charge in [-0.2, -0.15) is 0 Å². The van der Waals surface area contributed by atoms with E-state index >= 15 is 0 Å². The normalized spacial score (nSPS) is 15.8. The van der Waals surface area contributed by atoms with Crippen molar-refractivity contribution in [3.05, 3.63) is 12.1 Å². The summed E-state index contributed by atoms with van der Waals surface area (Å²) in [6.45, 7) is 1.60. The van der Waals surface area contributed by atoms with Crippen molar-refractivity contribution in [3.63, 3.8) is 0 Å². The van der Waals surface area contributed by atoms with Crippen LogP contribution >= 0.6 is 0 Å². The number of ether oxygens (including phenoxy) is 3. The fourth-order valence-electron chi connectivity index (χ4n) is 2.10. The van der Waals surface area contributed by atoms with Gasteiger partial charge in [0.15, 0.2) is 11.5 Å². The number of hydrogen-bond donors (Lipinski definition) is 2. The van der Waals surface area contributed by atoms with Gasteiger partial charge in [-0.3, -0.25) is 0 Å². The molecule has 5 heteroatoms. The average molecular weight is 266 g/mol. The first-order valence-corrected chi connectivity index (χ1v) is 6.42. The van der Waals surface area contributed by atoms with Crippen molar-refractivity contribution in [2.45, 2.75) is 12.8 Å². The van der Waals surface area contributed by atoms with Gasteiger partial charge >= 0.3 is 0 Å². The van der Waals surface area contributed by atoms with Crippen molar-refractivity contribution in [3.8, 4) is 17.2 Å². The SMILES string of the molecule is COc1cc(NCC2(CN)CC2)cc(OC)c1OC. The highest BCUT2D eigenvalue weighted by atomic mass is 16.5. The largest absolute Gasteiger partial charge is 0.493 e. The van der Waals surface area contributed by atoms with Gasteiger partial charge in [-0.15, -0.1) is 0 Å². The number of nitrogens with one attached hydrogen (secondary N) is 1. The molecule has 0 heterocycles. The number of nitrogens with two attached hydrogens (primary N) is 1. The maximum Gasteiger partial charge on any atom is 0.203 e. The molecule has 0 saturated heterocycles. The standard InChI is InChI=1S/C14H22N2O3/c1-17-11-6-10(7-12(18-2)13(11)19-3)16-9-14(8-15)4-5-14/h6-7,16H,4-5,8-9,15H2,1-3H3. The minimum Gasteiger partial charge on any atom is -0.493 e. The topological polar surface area (TPSA) is 65.7 Å². The van der Waals surface area contributed by atoms with Crippen LogP contribution in [0, 0.1) is 5.41 Å². The Bertz CT molecular complexity index is 419. The molecule has 0 aliphatic heterocycles. The second kappa shape index (κ2) is 5.57. The molecule has 106 valence electrons. The highest BCUT2D eigenvalue weighted by Gasteiger charge is 2.40. The number of benzene rings is 1. The van der Waals surface area contributed by atoms with Crippen LogP contribution < -0.4 is 25.3 Å². The Morgan fingerprint density at radius 2 is 1.68 bits per heavy atom. The molecule has 1 fully saturated rings. The van der Waals surface area contributed by atoms with Gasteiger partial charge < -0.3 is 25.3 Å². The Morgan fingerprint density at radius 3 is 2.05 bits per heavy atom.